The number of rotatable bonds is 0. The Morgan fingerprint density at radius 3 is 2.95 bits per heavy atom. The number of ketones is 1. The Hall–Kier alpha value is -1.81. The molecule has 1 fully saturated rings. The van der Waals surface area contributed by atoms with E-state index in [1.54, 1.807) is 0 Å². The maximum atomic E-state index is 12.0. The van der Waals surface area contributed by atoms with Crippen LogP contribution in [0, 0.1) is 0 Å². The van der Waals surface area contributed by atoms with Gasteiger partial charge in [-0.05, 0) is 41.3 Å². The summed E-state index contributed by atoms with van der Waals surface area (Å²) in [6.07, 6.45) is 3.55. The van der Waals surface area contributed by atoms with Crippen LogP contribution in [0.3, 0.4) is 0 Å². The minimum atomic E-state index is 0.272. The Morgan fingerprint density at radius 1 is 1.20 bits per heavy atom. The smallest absolute Gasteiger partial charge is 0.231 e. The lowest BCUT2D eigenvalue weighted by atomic mass is 9.75. The summed E-state index contributed by atoms with van der Waals surface area (Å²) in [6, 6.07) is 4.64. The summed E-state index contributed by atoms with van der Waals surface area (Å²) in [5.74, 6) is 2.25. The molecule has 0 amide bonds. The van der Waals surface area contributed by atoms with Crippen molar-refractivity contribution >= 4 is 5.78 Å². The summed E-state index contributed by atoms with van der Waals surface area (Å²) in [4.78, 5) is 14.5. The average Bonchev–Trinajstić information content (AvgIpc) is 3.04. The van der Waals surface area contributed by atoms with Crippen LogP contribution in [-0.2, 0) is 11.3 Å². The van der Waals surface area contributed by atoms with E-state index in [0.29, 0.717) is 25.2 Å². The van der Waals surface area contributed by atoms with E-state index in [2.05, 4.69) is 17.0 Å². The van der Waals surface area contributed by atoms with E-state index in [1.807, 2.05) is 6.08 Å². The SMILES string of the molecule is O=C1C=C2CCN3Cc4cc5c(cc4[C@H](C1)C23)OCO5. The molecular formula is C16H15NO3. The van der Waals surface area contributed by atoms with Gasteiger partial charge in [-0.3, -0.25) is 9.69 Å². The van der Waals surface area contributed by atoms with Gasteiger partial charge in [0, 0.05) is 31.5 Å². The minimum absolute atomic E-state index is 0.272. The molecule has 20 heavy (non-hydrogen) atoms. The molecule has 4 nitrogen and oxygen atoms in total. The lowest BCUT2D eigenvalue weighted by molar-refractivity contribution is -0.115. The van der Waals surface area contributed by atoms with Gasteiger partial charge in [0.2, 0.25) is 6.79 Å². The summed E-state index contributed by atoms with van der Waals surface area (Å²) < 4.78 is 11.0. The molecule has 3 aliphatic heterocycles. The molecule has 0 radical (unpaired) electrons. The summed E-state index contributed by atoms with van der Waals surface area (Å²) >= 11 is 0. The van der Waals surface area contributed by atoms with Crippen LogP contribution >= 0.6 is 0 Å². The van der Waals surface area contributed by atoms with E-state index in [9.17, 15) is 4.79 Å². The van der Waals surface area contributed by atoms with E-state index < -0.39 is 0 Å². The second-order valence-corrected chi connectivity index (χ2v) is 6.07. The van der Waals surface area contributed by atoms with Crippen LogP contribution in [0.25, 0.3) is 0 Å². The first-order valence-electron chi connectivity index (χ1n) is 7.19. The summed E-state index contributed by atoms with van der Waals surface area (Å²) in [7, 11) is 0. The normalized spacial score (nSPS) is 30.0. The highest BCUT2D eigenvalue weighted by Crippen LogP contribution is 2.48. The van der Waals surface area contributed by atoms with Gasteiger partial charge in [-0.2, -0.15) is 0 Å². The monoisotopic (exact) mass is 269 g/mol. The lowest BCUT2D eigenvalue weighted by Gasteiger charge is -2.40. The molecule has 0 saturated carbocycles. The van der Waals surface area contributed by atoms with Gasteiger partial charge in [0.15, 0.2) is 17.3 Å². The van der Waals surface area contributed by atoms with Crippen molar-refractivity contribution in [3.8, 4) is 11.5 Å². The third-order valence-electron chi connectivity index (χ3n) is 5.02. The Labute approximate surface area is 117 Å². The Kier molecular flexibility index (Phi) is 1.99. The highest BCUT2D eigenvalue weighted by atomic mass is 16.7. The third-order valence-corrected chi connectivity index (χ3v) is 5.02. The number of ether oxygens (including phenoxy) is 2. The van der Waals surface area contributed by atoms with Crippen molar-refractivity contribution in [2.24, 2.45) is 0 Å². The Bertz CT molecular complexity index is 664. The zero-order valence-corrected chi connectivity index (χ0v) is 11.1. The molecule has 1 saturated heterocycles. The zero-order valence-electron chi connectivity index (χ0n) is 11.1. The van der Waals surface area contributed by atoms with Crippen LogP contribution in [0.15, 0.2) is 23.8 Å². The van der Waals surface area contributed by atoms with Crippen LogP contribution in [-0.4, -0.2) is 30.1 Å². The molecule has 1 aromatic rings. The minimum Gasteiger partial charge on any atom is -0.454 e. The van der Waals surface area contributed by atoms with Crippen LogP contribution in [0.5, 0.6) is 11.5 Å². The van der Waals surface area contributed by atoms with Gasteiger partial charge < -0.3 is 9.47 Å². The Morgan fingerprint density at radius 2 is 2.05 bits per heavy atom. The van der Waals surface area contributed by atoms with Gasteiger partial charge in [-0.15, -0.1) is 0 Å². The molecule has 102 valence electrons. The fraction of sp³-hybridized carbons (Fsp3) is 0.438. The predicted octanol–water partition coefficient (Wildman–Crippen LogP) is 1.99. The molecule has 0 N–H and O–H groups in total. The molecule has 5 rings (SSSR count). The number of carbonyl (C=O) groups excluding carboxylic acids is 1. The largest absolute Gasteiger partial charge is 0.454 e. The molecule has 1 unspecified atom stereocenters. The summed E-state index contributed by atoms with van der Waals surface area (Å²) in [5, 5.41) is 0. The summed E-state index contributed by atoms with van der Waals surface area (Å²) in [6.45, 7) is 2.33. The van der Waals surface area contributed by atoms with Crippen molar-refractivity contribution in [1.82, 2.24) is 4.90 Å². The van der Waals surface area contributed by atoms with E-state index in [4.69, 9.17) is 9.47 Å². The maximum absolute atomic E-state index is 12.0. The first kappa shape index (κ1) is 10.9. The summed E-state index contributed by atoms with van der Waals surface area (Å²) in [5.41, 5.74) is 3.91. The van der Waals surface area contributed by atoms with E-state index in [0.717, 1.165) is 31.0 Å². The Balaban J connectivity index is 1.69. The number of carbonyl (C=O) groups is 1. The van der Waals surface area contributed by atoms with Crippen molar-refractivity contribution in [3.63, 3.8) is 0 Å². The third kappa shape index (κ3) is 1.32. The molecule has 3 heterocycles. The number of allylic oxidation sites excluding steroid dienone is 1. The molecule has 0 aromatic heterocycles. The fourth-order valence-corrected chi connectivity index (χ4v) is 4.22. The second-order valence-electron chi connectivity index (χ2n) is 6.07. The van der Waals surface area contributed by atoms with Gasteiger partial charge in [0.05, 0.1) is 0 Å². The zero-order chi connectivity index (χ0) is 13.3. The standard InChI is InChI=1S/C16H15NO3/c18-11-3-9-1-2-17-7-10-4-14-15(20-8-19-14)6-12(10)13(5-11)16(9)17/h3-4,6,13,16H,1-2,5,7-8H2/t13-,16?/m0/s1. The van der Waals surface area contributed by atoms with Crippen LogP contribution in [0.2, 0.25) is 0 Å². The van der Waals surface area contributed by atoms with Crippen LogP contribution in [0.1, 0.15) is 29.9 Å². The van der Waals surface area contributed by atoms with Gasteiger partial charge in [-0.25, -0.2) is 0 Å². The van der Waals surface area contributed by atoms with Gasteiger partial charge >= 0.3 is 0 Å². The molecule has 4 heteroatoms. The number of hydrogen-bond donors (Lipinski definition) is 0. The highest BCUT2D eigenvalue weighted by Gasteiger charge is 2.44. The van der Waals surface area contributed by atoms with E-state index >= 15 is 0 Å². The second kappa shape index (κ2) is 3.64. The quantitative estimate of drug-likeness (QED) is 0.722. The number of benzene rings is 1. The molecule has 1 aliphatic carbocycles. The molecule has 4 aliphatic rings. The van der Waals surface area contributed by atoms with E-state index in [1.165, 1.54) is 16.7 Å². The van der Waals surface area contributed by atoms with Gasteiger partial charge in [-0.1, -0.05) is 0 Å². The first-order chi connectivity index (χ1) is 9.79. The highest BCUT2D eigenvalue weighted by molar-refractivity contribution is 5.93. The fourth-order valence-electron chi connectivity index (χ4n) is 4.22. The molecule has 1 aromatic carbocycles. The van der Waals surface area contributed by atoms with Crippen molar-refractivity contribution in [1.29, 1.82) is 0 Å². The van der Waals surface area contributed by atoms with Crippen LogP contribution < -0.4 is 9.47 Å². The van der Waals surface area contributed by atoms with Crippen molar-refractivity contribution in [2.45, 2.75) is 31.3 Å². The van der Waals surface area contributed by atoms with Gasteiger partial charge in [0.25, 0.3) is 0 Å². The van der Waals surface area contributed by atoms with Crippen molar-refractivity contribution in [3.05, 3.63) is 34.9 Å². The number of hydrogen-bond acceptors (Lipinski definition) is 4. The maximum Gasteiger partial charge on any atom is 0.231 e. The average molecular weight is 269 g/mol. The van der Waals surface area contributed by atoms with E-state index in [-0.39, 0.29) is 5.78 Å². The predicted molar refractivity (Wildman–Crippen MR) is 71.8 cm³/mol. The van der Waals surface area contributed by atoms with Crippen molar-refractivity contribution in [2.75, 3.05) is 13.3 Å². The molecule has 0 bridgehead atoms. The van der Waals surface area contributed by atoms with Crippen LogP contribution in [0.4, 0.5) is 0 Å². The van der Waals surface area contributed by atoms with Crippen molar-refractivity contribution < 1.29 is 14.3 Å². The molecular weight excluding hydrogens is 254 g/mol. The molecule has 2 atom stereocenters. The first-order valence-corrected chi connectivity index (χ1v) is 7.19. The van der Waals surface area contributed by atoms with Gasteiger partial charge in [0.1, 0.15) is 0 Å². The lowest BCUT2D eigenvalue weighted by Crippen LogP contribution is -2.42. The number of fused-ring (bicyclic) bond motifs is 3. The number of nitrogens with zero attached hydrogens (tertiary/aromatic N) is 1. The molecule has 0 spiro atoms. The topological polar surface area (TPSA) is 38.8 Å².